The summed E-state index contributed by atoms with van der Waals surface area (Å²) >= 11 is 1.65. The fourth-order valence-electron chi connectivity index (χ4n) is 1.18. The van der Waals surface area contributed by atoms with E-state index in [2.05, 4.69) is 30.4 Å². The van der Waals surface area contributed by atoms with Gasteiger partial charge in [0.05, 0.1) is 0 Å². The van der Waals surface area contributed by atoms with E-state index in [1.165, 1.54) is 10.6 Å². The van der Waals surface area contributed by atoms with Crippen LogP contribution in [0.2, 0.25) is 0 Å². The summed E-state index contributed by atoms with van der Waals surface area (Å²) < 4.78 is 2.17. The topological polar surface area (TPSA) is 43.3 Å². The summed E-state index contributed by atoms with van der Waals surface area (Å²) in [5.41, 5.74) is 1.28. The van der Waals surface area contributed by atoms with Crippen LogP contribution in [0.5, 0.6) is 0 Å². The maximum Gasteiger partial charge on any atom is 0.207 e. The maximum atomic E-state index is 5.28. The van der Waals surface area contributed by atoms with E-state index in [1.807, 2.05) is 0 Å². The molecule has 1 aromatic rings. The Morgan fingerprint density at radius 1 is 1.50 bits per heavy atom. The molecular formula is C8H15N3S. The molecule has 4 heteroatoms. The van der Waals surface area contributed by atoms with E-state index >= 15 is 0 Å². The largest absolute Gasteiger partial charge is 0.320 e. The molecule has 0 unspecified atom stereocenters. The molecule has 0 fully saturated rings. The maximum absolute atomic E-state index is 5.28. The average Bonchev–Trinajstić information content (AvgIpc) is 2.33. The Kier molecular flexibility index (Phi) is 2.92. The van der Waals surface area contributed by atoms with Crippen molar-refractivity contribution < 1.29 is 0 Å². The van der Waals surface area contributed by atoms with Crippen molar-refractivity contribution in [2.24, 2.45) is 10.9 Å². The molecule has 3 nitrogen and oxygen atoms in total. The second-order valence-corrected chi connectivity index (χ2v) is 3.99. The molecular weight excluding hydrogens is 170 g/mol. The smallest absolute Gasteiger partial charge is 0.207 e. The normalized spacial score (nSPS) is 12.4. The van der Waals surface area contributed by atoms with E-state index in [4.69, 9.17) is 5.84 Å². The van der Waals surface area contributed by atoms with Crippen molar-refractivity contribution in [3.05, 3.63) is 15.4 Å². The van der Waals surface area contributed by atoms with Crippen LogP contribution in [-0.4, -0.2) is 4.57 Å². The van der Waals surface area contributed by atoms with Gasteiger partial charge < -0.3 is 10.4 Å². The van der Waals surface area contributed by atoms with Gasteiger partial charge >= 0.3 is 0 Å². The van der Waals surface area contributed by atoms with Crippen molar-refractivity contribution in [2.75, 3.05) is 0 Å². The first-order valence-electron chi connectivity index (χ1n) is 4.11. The number of hydrogen-bond acceptors (Lipinski definition) is 3. The van der Waals surface area contributed by atoms with Crippen LogP contribution in [0.3, 0.4) is 0 Å². The number of aryl methyl sites for hydroxylation is 1. The lowest BCUT2D eigenvalue weighted by molar-refractivity contribution is 0.637. The van der Waals surface area contributed by atoms with Crippen molar-refractivity contribution in [1.82, 2.24) is 4.57 Å². The Morgan fingerprint density at radius 3 is 2.67 bits per heavy atom. The molecule has 0 bridgehead atoms. The van der Waals surface area contributed by atoms with Crippen molar-refractivity contribution >= 4 is 11.3 Å². The number of nitrogens with zero attached hydrogens (tertiary/aromatic N) is 2. The predicted molar refractivity (Wildman–Crippen MR) is 51.8 cm³/mol. The molecule has 1 rings (SSSR count). The third kappa shape index (κ3) is 1.53. The molecule has 2 N–H and O–H groups in total. The molecule has 0 radical (unpaired) electrons. The van der Waals surface area contributed by atoms with E-state index < -0.39 is 0 Å². The second kappa shape index (κ2) is 3.76. The van der Waals surface area contributed by atoms with E-state index in [9.17, 15) is 0 Å². The number of thiazole rings is 1. The Hall–Kier alpha value is -0.770. The first-order chi connectivity index (χ1) is 5.70. The Bertz CT molecular complexity index is 322. The van der Waals surface area contributed by atoms with Gasteiger partial charge in [-0.15, -0.1) is 11.3 Å². The minimum Gasteiger partial charge on any atom is -0.320 e. The van der Waals surface area contributed by atoms with Gasteiger partial charge in [-0.1, -0.05) is 6.92 Å². The third-order valence-electron chi connectivity index (χ3n) is 1.95. The van der Waals surface area contributed by atoms with Crippen LogP contribution in [-0.2, 0) is 6.54 Å². The first-order valence-corrected chi connectivity index (χ1v) is 4.93. The van der Waals surface area contributed by atoms with Crippen molar-refractivity contribution in [3.8, 4) is 0 Å². The van der Waals surface area contributed by atoms with E-state index in [0.29, 0.717) is 0 Å². The van der Waals surface area contributed by atoms with Gasteiger partial charge in [0.1, 0.15) is 0 Å². The summed E-state index contributed by atoms with van der Waals surface area (Å²) in [6.07, 6.45) is 1.12. The molecule has 12 heavy (non-hydrogen) atoms. The molecule has 1 heterocycles. The SMILES string of the molecule is CCCn1c(C)c(C)sc1=NN. The molecule has 0 saturated carbocycles. The van der Waals surface area contributed by atoms with Gasteiger partial charge in [-0.3, -0.25) is 0 Å². The van der Waals surface area contributed by atoms with Gasteiger partial charge in [0.25, 0.3) is 0 Å². The molecule has 0 aliphatic heterocycles. The zero-order valence-electron chi connectivity index (χ0n) is 7.79. The highest BCUT2D eigenvalue weighted by Crippen LogP contribution is 2.09. The molecule has 0 aliphatic rings. The summed E-state index contributed by atoms with van der Waals surface area (Å²) in [5.74, 6) is 5.28. The monoisotopic (exact) mass is 185 g/mol. The Morgan fingerprint density at radius 2 is 2.17 bits per heavy atom. The minimum atomic E-state index is 0.923. The molecule has 0 saturated heterocycles. The molecule has 0 aromatic carbocycles. The van der Waals surface area contributed by atoms with Crippen molar-refractivity contribution in [2.45, 2.75) is 33.7 Å². The standard InChI is InChI=1S/C8H15N3S/c1-4-5-11-6(2)7(3)12-8(11)10-9/h4-5,9H2,1-3H3. The van der Waals surface area contributed by atoms with E-state index in [0.717, 1.165) is 17.8 Å². The first kappa shape index (κ1) is 9.32. The fraction of sp³-hybridized carbons (Fsp3) is 0.625. The second-order valence-electron chi connectivity index (χ2n) is 2.81. The number of rotatable bonds is 2. The fourth-order valence-corrected chi connectivity index (χ4v) is 2.11. The average molecular weight is 185 g/mol. The number of hydrogen-bond donors (Lipinski definition) is 1. The Balaban J connectivity index is 3.22. The van der Waals surface area contributed by atoms with Crippen LogP contribution < -0.4 is 10.6 Å². The van der Waals surface area contributed by atoms with Crippen LogP contribution in [0.15, 0.2) is 5.10 Å². The molecule has 1 aromatic heterocycles. The quantitative estimate of drug-likeness (QED) is 0.548. The highest BCUT2D eigenvalue weighted by Gasteiger charge is 2.03. The molecule has 0 aliphatic carbocycles. The lowest BCUT2D eigenvalue weighted by atomic mass is 10.4. The van der Waals surface area contributed by atoms with Gasteiger partial charge in [0.15, 0.2) is 0 Å². The number of aromatic nitrogens is 1. The molecule has 68 valence electrons. The summed E-state index contributed by atoms with van der Waals surface area (Å²) in [7, 11) is 0. The van der Waals surface area contributed by atoms with E-state index in [1.54, 1.807) is 11.3 Å². The number of nitrogens with two attached hydrogens (primary N) is 1. The van der Waals surface area contributed by atoms with Crippen LogP contribution in [0.4, 0.5) is 0 Å². The van der Waals surface area contributed by atoms with Gasteiger partial charge in [0, 0.05) is 17.1 Å². The summed E-state index contributed by atoms with van der Waals surface area (Å²) in [5, 5.41) is 3.75. The molecule has 0 spiro atoms. The van der Waals surface area contributed by atoms with Gasteiger partial charge in [-0.2, -0.15) is 5.10 Å². The lowest BCUT2D eigenvalue weighted by Crippen LogP contribution is -2.17. The minimum absolute atomic E-state index is 0.923. The van der Waals surface area contributed by atoms with E-state index in [-0.39, 0.29) is 0 Å². The third-order valence-corrected chi connectivity index (χ3v) is 3.06. The summed E-state index contributed by atoms with van der Waals surface area (Å²) in [6.45, 7) is 7.36. The molecule has 0 amide bonds. The highest BCUT2D eigenvalue weighted by atomic mass is 32.1. The van der Waals surface area contributed by atoms with Crippen molar-refractivity contribution in [3.63, 3.8) is 0 Å². The summed E-state index contributed by atoms with van der Waals surface area (Å²) in [6, 6.07) is 0. The lowest BCUT2D eigenvalue weighted by Gasteiger charge is -2.02. The Labute approximate surface area is 76.5 Å². The van der Waals surface area contributed by atoms with Crippen molar-refractivity contribution in [1.29, 1.82) is 0 Å². The zero-order chi connectivity index (χ0) is 9.14. The van der Waals surface area contributed by atoms with Crippen LogP contribution in [0.1, 0.15) is 23.9 Å². The van der Waals surface area contributed by atoms with Gasteiger partial charge in [-0.25, -0.2) is 0 Å². The summed E-state index contributed by atoms with van der Waals surface area (Å²) in [4.78, 5) is 2.22. The van der Waals surface area contributed by atoms with Crippen LogP contribution in [0.25, 0.3) is 0 Å². The van der Waals surface area contributed by atoms with Crippen LogP contribution >= 0.6 is 11.3 Å². The van der Waals surface area contributed by atoms with Crippen LogP contribution in [0, 0.1) is 13.8 Å². The zero-order valence-corrected chi connectivity index (χ0v) is 8.61. The highest BCUT2D eigenvalue weighted by molar-refractivity contribution is 7.09. The molecule has 0 atom stereocenters. The predicted octanol–water partition coefficient (Wildman–Crippen LogP) is 1.35. The van der Waals surface area contributed by atoms with Gasteiger partial charge in [0.2, 0.25) is 4.80 Å². The van der Waals surface area contributed by atoms with Gasteiger partial charge in [-0.05, 0) is 20.3 Å².